The monoisotopic (exact) mass is 488 g/mol. The summed E-state index contributed by atoms with van der Waals surface area (Å²) < 4.78 is 14.5. The summed E-state index contributed by atoms with van der Waals surface area (Å²) in [4.78, 5) is 31.2. The van der Waals surface area contributed by atoms with E-state index in [0.29, 0.717) is 46.2 Å². The van der Waals surface area contributed by atoms with Crippen molar-refractivity contribution in [1.82, 2.24) is 15.2 Å². The fraction of sp³-hybridized carbons (Fsp3) is 0.391. The largest absolute Gasteiger partial charge is 0.358 e. The first kappa shape index (κ1) is 21.8. The number of aromatic amines is 1. The molecule has 1 aliphatic heterocycles. The first-order valence-corrected chi connectivity index (χ1v) is 11.4. The van der Waals surface area contributed by atoms with Crippen molar-refractivity contribution < 1.29 is 14.0 Å². The Morgan fingerprint density at radius 1 is 1.26 bits per heavy atom. The molecule has 0 saturated heterocycles. The number of carbonyl (C=O) groups excluding carboxylic acids is 2. The summed E-state index contributed by atoms with van der Waals surface area (Å²) in [7, 11) is 0. The normalized spacial score (nSPS) is 17.2. The van der Waals surface area contributed by atoms with Gasteiger partial charge in [0.15, 0.2) is 0 Å². The Hall–Kier alpha value is -2.45. The van der Waals surface area contributed by atoms with Gasteiger partial charge in [-0.05, 0) is 72.1 Å². The number of amides is 2. The number of hydrogen-bond donors (Lipinski definition) is 3. The highest BCUT2D eigenvalue weighted by Crippen LogP contribution is 2.45. The van der Waals surface area contributed by atoms with Crippen molar-refractivity contribution in [2.75, 3.05) is 31.5 Å². The van der Waals surface area contributed by atoms with Crippen LogP contribution < -0.4 is 10.6 Å². The number of halogens is 2. The molecule has 0 fully saturated rings. The van der Waals surface area contributed by atoms with Crippen LogP contribution in [0, 0.1) is 12.7 Å². The standard InChI is InChI=1S/C23H26BrFN4O2/c1-4-29(5-2)9-8-26-22(30)19-12(3)27-21-13(19)6-7-14(21)20-15-10-17(25)16(24)11-18(15)28-23(20)31/h10-11,27H,4-9H2,1-3H3,(H,26,30)(H,28,31)/b20-14-. The van der Waals surface area contributed by atoms with Crippen LogP contribution in [0.5, 0.6) is 0 Å². The molecule has 1 aromatic heterocycles. The lowest BCUT2D eigenvalue weighted by Crippen LogP contribution is -2.35. The van der Waals surface area contributed by atoms with E-state index in [1.807, 2.05) is 6.92 Å². The van der Waals surface area contributed by atoms with E-state index < -0.39 is 5.82 Å². The summed E-state index contributed by atoms with van der Waals surface area (Å²) in [5.41, 5.74) is 5.65. The lowest BCUT2D eigenvalue weighted by molar-refractivity contribution is -0.110. The number of carbonyl (C=O) groups is 2. The Morgan fingerprint density at radius 3 is 2.71 bits per heavy atom. The number of rotatable bonds is 6. The van der Waals surface area contributed by atoms with E-state index in [4.69, 9.17) is 0 Å². The molecule has 0 atom stereocenters. The second kappa shape index (κ2) is 8.59. The summed E-state index contributed by atoms with van der Waals surface area (Å²) in [6.07, 6.45) is 1.29. The summed E-state index contributed by atoms with van der Waals surface area (Å²) in [5.74, 6) is -0.755. The molecular weight excluding hydrogens is 463 g/mol. The van der Waals surface area contributed by atoms with Gasteiger partial charge in [-0.15, -0.1) is 0 Å². The Bertz CT molecular complexity index is 1100. The van der Waals surface area contributed by atoms with Crippen LogP contribution in [0.2, 0.25) is 0 Å². The van der Waals surface area contributed by atoms with Crippen molar-refractivity contribution in [3.63, 3.8) is 0 Å². The molecule has 8 heteroatoms. The highest BCUT2D eigenvalue weighted by Gasteiger charge is 2.35. The van der Waals surface area contributed by atoms with Crippen molar-refractivity contribution >= 4 is 44.6 Å². The van der Waals surface area contributed by atoms with E-state index >= 15 is 0 Å². The van der Waals surface area contributed by atoms with Crippen molar-refractivity contribution in [1.29, 1.82) is 0 Å². The van der Waals surface area contributed by atoms with Gasteiger partial charge in [-0.2, -0.15) is 0 Å². The average Bonchev–Trinajstić information content (AvgIpc) is 3.36. The summed E-state index contributed by atoms with van der Waals surface area (Å²) >= 11 is 3.17. The maximum absolute atomic E-state index is 14.2. The predicted octanol–water partition coefficient (Wildman–Crippen LogP) is 4.11. The molecule has 0 unspecified atom stereocenters. The second-order valence-corrected chi connectivity index (χ2v) is 8.74. The SMILES string of the molecule is CCN(CC)CCNC(=O)c1c(C)[nH]c2c1CC/C2=C1/C(=O)Nc2cc(Br)c(F)cc21. The maximum Gasteiger partial charge on any atom is 0.256 e. The highest BCUT2D eigenvalue weighted by atomic mass is 79.9. The lowest BCUT2D eigenvalue weighted by Gasteiger charge is -2.18. The summed E-state index contributed by atoms with van der Waals surface area (Å²) in [6.45, 7) is 9.36. The van der Waals surface area contributed by atoms with Crippen LogP contribution in [0.15, 0.2) is 16.6 Å². The summed E-state index contributed by atoms with van der Waals surface area (Å²) in [5, 5.41) is 5.85. The Kier molecular flexibility index (Phi) is 6.03. The lowest BCUT2D eigenvalue weighted by atomic mass is 9.99. The molecule has 1 aliphatic carbocycles. The average molecular weight is 489 g/mol. The third kappa shape index (κ3) is 3.83. The van der Waals surface area contributed by atoms with Crippen LogP contribution >= 0.6 is 15.9 Å². The van der Waals surface area contributed by atoms with Gasteiger partial charge in [0.1, 0.15) is 5.82 Å². The predicted molar refractivity (Wildman–Crippen MR) is 124 cm³/mol. The van der Waals surface area contributed by atoms with Gasteiger partial charge in [-0.1, -0.05) is 13.8 Å². The molecule has 164 valence electrons. The van der Waals surface area contributed by atoms with Crippen LogP contribution in [-0.4, -0.2) is 47.9 Å². The Morgan fingerprint density at radius 2 is 2.00 bits per heavy atom. The number of H-pyrrole nitrogens is 1. The zero-order valence-corrected chi connectivity index (χ0v) is 19.5. The number of aromatic nitrogens is 1. The number of nitrogens with zero attached hydrogens (tertiary/aromatic N) is 1. The second-order valence-electron chi connectivity index (χ2n) is 7.88. The van der Waals surface area contributed by atoms with Crippen molar-refractivity contribution in [3.05, 3.63) is 50.5 Å². The van der Waals surface area contributed by atoms with E-state index in [1.54, 1.807) is 6.07 Å². The molecule has 2 aromatic rings. The zero-order valence-electron chi connectivity index (χ0n) is 17.9. The van der Waals surface area contributed by atoms with Gasteiger partial charge in [0, 0.05) is 30.0 Å². The Balaban J connectivity index is 1.65. The van der Waals surface area contributed by atoms with Gasteiger partial charge in [0.05, 0.1) is 21.3 Å². The minimum absolute atomic E-state index is 0.0975. The molecule has 6 nitrogen and oxygen atoms in total. The van der Waals surface area contributed by atoms with Gasteiger partial charge >= 0.3 is 0 Å². The van der Waals surface area contributed by atoms with Crippen molar-refractivity contribution in [2.24, 2.45) is 0 Å². The molecule has 0 bridgehead atoms. The summed E-state index contributed by atoms with van der Waals surface area (Å²) in [6, 6.07) is 2.97. The minimum Gasteiger partial charge on any atom is -0.358 e. The molecular formula is C23H26BrFN4O2. The molecule has 3 N–H and O–H groups in total. The number of nitrogens with one attached hydrogen (secondary N) is 3. The smallest absolute Gasteiger partial charge is 0.256 e. The molecule has 0 radical (unpaired) electrons. The number of benzene rings is 1. The topological polar surface area (TPSA) is 77.2 Å². The zero-order chi connectivity index (χ0) is 22.3. The highest BCUT2D eigenvalue weighted by molar-refractivity contribution is 9.10. The molecule has 0 saturated carbocycles. The van der Waals surface area contributed by atoms with E-state index in [9.17, 15) is 14.0 Å². The van der Waals surface area contributed by atoms with Crippen LogP contribution in [0.3, 0.4) is 0 Å². The van der Waals surface area contributed by atoms with Gasteiger partial charge in [-0.3, -0.25) is 9.59 Å². The van der Waals surface area contributed by atoms with E-state index in [-0.39, 0.29) is 11.8 Å². The minimum atomic E-state index is -0.414. The number of likely N-dealkylation sites (N-methyl/N-ethyl adjacent to an activating group) is 1. The third-order valence-corrected chi connectivity index (χ3v) is 6.77. The number of aryl methyl sites for hydroxylation is 1. The quantitative estimate of drug-likeness (QED) is 0.535. The van der Waals surface area contributed by atoms with Crippen LogP contribution in [0.1, 0.15) is 53.1 Å². The first-order valence-electron chi connectivity index (χ1n) is 10.6. The molecule has 2 aliphatic rings. The van der Waals surface area contributed by atoms with Gasteiger partial charge in [0.2, 0.25) is 0 Å². The van der Waals surface area contributed by atoms with Gasteiger partial charge in [-0.25, -0.2) is 4.39 Å². The number of anilines is 1. The first-order chi connectivity index (χ1) is 14.8. The van der Waals surface area contributed by atoms with Crippen LogP contribution in [0.4, 0.5) is 10.1 Å². The molecule has 2 amide bonds. The number of allylic oxidation sites excluding steroid dienone is 1. The third-order valence-electron chi connectivity index (χ3n) is 6.16. The van der Waals surface area contributed by atoms with Crippen LogP contribution in [0.25, 0.3) is 11.1 Å². The Labute approximate surface area is 189 Å². The molecule has 4 rings (SSSR count). The van der Waals surface area contributed by atoms with E-state index in [1.165, 1.54) is 6.07 Å². The number of fused-ring (bicyclic) bond motifs is 2. The van der Waals surface area contributed by atoms with Crippen molar-refractivity contribution in [2.45, 2.75) is 33.6 Å². The van der Waals surface area contributed by atoms with Crippen molar-refractivity contribution in [3.8, 4) is 0 Å². The molecule has 31 heavy (non-hydrogen) atoms. The number of hydrogen-bond acceptors (Lipinski definition) is 3. The fourth-order valence-corrected chi connectivity index (χ4v) is 4.88. The van der Waals surface area contributed by atoms with Gasteiger partial charge < -0.3 is 20.5 Å². The maximum atomic E-state index is 14.2. The molecule has 0 spiro atoms. The van der Waals surface area contributed by atoms with E-state index in [2.05, 4.69) is 50.3 Å². The fourth-order valence-electron chi connectivity index (χ4n) is 4.54. The van der Waals surface area contributed by atoms with Crippen LogP contribution in [-0.2, 0) is 11.2 Å². The molecule has 1 aromatic carbocycles. The van der Waals surface area contributed by atoms with E-state index in [0.717, 1.165) is 42.2 Å². The van der Waals surface area contributed by atoms with Gasteiger partial charge in [0.25, 0.3) is 11.8 Å². The molecule has 2 heterocycles.